The minimum atomic E-state index is 0. The van der Waals surface area contributed by atoms with Crippen molar-refractivity contribution < 1.29 is 1730 Å². The normalized spacial score (nSPS) is 0.349. The molecule has 0 aromatic carbocycles. The van der Waals surface area contributed by atoms with Gasteiger partial charge in [-0.25, -0.2) is 0 Å². The van der Waals surface area contributed by atoms with Gasteiger partial charge in [-0.05, 0) is 0 Å². The van der Waals surface area contributed by atoms with E-state index in [2.05, 4.69) is 13.8 Å². The molecule has 0 heterocycles. The summed E-state index contributed by atoms with van der Waals surface area (Å²) in [6, 6.07) is 0. The van der Waals surface area contributed by atoms with Gasteiger partial charge in [0.1, 0.15) is 0 Å². The van der Waals surface area contributed by atoms with Gasteiger partial charge in [-0.3, -0.25) is 0 Å². The molecular formula is C4H10W82. The first-order valence-corrected chi connectivity index (χ1v) is 1.91. The zero-order valence-electron chi connectivity index (χ0n) is 36.9. The van der Waals surface area contributed by atoms with Crippen LogP contribution in [0.2, 0.25) is 0 Å². The second kappa shape index (κ2) is 817. The number of unbranched alkanes of at least 4 members (excludes halogenated alkanes) is 1. The van der Waals surface area contributed by atoms with Crippen molar-refractivity contribution in [2.75, 3.05) is 0 Å². The summed E-state index contributed by atoms with van der Waals surface area (Å²) in [4.78, 5) is 0. The average molecular weight is 15100 g/mol. The Bertz CT molecular complexity index is 25.3. The smallest absolute Gasteiger partial charge is 0 e. The third kappa shape index (κ3) is 828. The van der Waals surface area contributed by atoms with Crippen LogP contribution in [0.3, 0.4) is 0 Å². The summed E-state index contributed by atoms with van der Waals surface area (Å²) in [5.41, 5.74) is 0. The van der Waals surface area contributed by atoms with E-state index in [9.17, 15) is 0 Å². The molecule has 0 rings (SSSR count). The molecular weight excluding hydrogens is 15100 g/mol. The fourth-order valence-corrected chi connectivity index (χ4v) is 0. The Kier molecular flexibility index (Phi) is 7660. The van der Waals surface area contributed by atoms with Crippen molar-refractivity contribution in [1.29, 1.82) is 0 Å². The first-order chi connectivity index (χ1) is 1.91. The second-order valence-electron chi connectivity index (χ2n) is 1.000. The van der Waals surface area contributed by atoms with Gasteiger partial charge in [-0.1, -0.05) is 26.7 Å². The Hall–Kier alpha value is 56.4. The van der Waals surface area contributed by atoms with E-state index in [1.165, 1.54) is 12.8 Å². The maximum Gasteiger partial charge on any atom is 0 e. The number of rotatable bonds is 1. The summed E-state index contributed by atoms with van der Waals surface area (Å²) in [6.45, 7) is 4.36. The maximum atomic E-state index is 2.18. The molecule has 0 N–H and O–H groups in total. The van der Waals surface area contributed by atoms with Crippen LogP contribution in [0, 0.1) is 0 Å². The van der Waals surface area contributed by atoms with Crippen molar-refractivity contribution in [3.05, 3.63) is 0 Å². The van der Waals surface area contributed by atoms with Gasteiger partial charge in [-0.2, -0.15) is 0 Å². The molecule has 0 amide bonds. The summed E-state index contributed by atoms with van der Waals surface area (Å²) >= 11 is 0. The SMILES string of the molecule is CCCC.[W].[W].[W].[W].[W].[W].[W].[W].[W].[W].[W].[W].[W].[W].[W].[W].[W].[W].[W].[W].[W].[W].[W].[W].[W].[W].[W].[W].[W].[W].[W].[W].[W].[W].[W].[W].[W].[W].[W].[W].[W].[W].[W].[W].[W].[W].[W].[W].[W].[W].[W].[W].[W].[W].[W].[W].[W].[W].[W].[W].[W].[W].[W].[W].[W].[W].[W].[W].[W].[W].[W].[W].[W].[W].[W].[W].[W].[W].[W].[W].[W].[W]. The average Bonchev–Trinajstić information content (AvgIpc) is 1.37. The molecule has 0 aliphatic rings. The van der Waals surface area contributed by atoms with E-state index < -0.39 is 0 Å². The molecule has 0 aromatic heterocycles. The quantitative estimate of drug-likeness (QED) is 0.375. The third-order valence-electron chi connectivity index (χ3n) is 0.500. The first kappa shape index (κ1) is 807. The molecule has 82 heteroatoms. The van der Waals surface area contributed by atoms with Crippen LogP contribution >= 0.6 is 0 Å². The van der Waals surface area contributed by atoms with Gasteiger partial charge in [0.2, 0.25) is 0 Å². The number of hydrogen-bond acceptors (Lipinski definition) is 0. The molecule has 0 aromatic rings. The van der Waals surface area contributed by atoms with Crippen molar-refractivity contribution in [3.63, 3.8) is 0 Å². The van der Waals surface area contributed by atoms with Crippen LogP contribution in [0.1, 0.15) is 26.7 Å². The zero-order valence-corrected chi connectivity index (χ0v) is 277. The molecule has 0 aliphatic carbocycles. The zero-order chi connectivity index (χ0) is 3.41. The van der Waals surface area contributed by atoms with Crippen LogP contribution in [-0.4, -0.2) is 0 Å². The van der Waals surface area contributed by atoms with Crippen LogP contribution in [0.25, 0.3) is 0 Å². The molecule has 86 heavy (non-hydrogen) atoms. The Morgan fingerprint density at radius 2 is 0.0698 bits per heavy atom. The molecule has 0 spiro atoms. The van der Waals surface area contributed by atoms with Gasteiger partial charge < -0.3 is 0 Å². The van der Waals surface area contributed by atoms with Crippen molar-refractivity contribution in [2.45, 2.75) is 26.7 Å². The van der Waals surface area contributed by atoms with Gasteiger partial charge in [0, 0.05) is 1730 Å². The Labute approximate surface area is 1700 Å². The Balaban J connectivity index is -0.0000000000136. The van der Waals surface area contributed by atoms with Gasteiger partial charge in [0.15, 0.2) is 0 Å². The van der Waals surface area contributed by atoms with Crippen molar-refractivity contribution in [3.8, 4) is 0 Å². The predicted molar refractivity (Wildman–Crippen MR) is 20.6 cm³/mol. The molecule has 0 atom stereocenters. The van der Waals surface area contributed by atoms with Crippen LogP contribution < -0.4 is 0 Å². The van der Waals surface area contributed by atoms with Gasteiger partial charge in [0.05, 0.1) is 0 Å². The summed E-state index contributed by atoms with van der Waals surface area (Å²) in [5.74, 6) is 0. The molecule has 0 unspecified atom stereocenters. The van der Waals surface area contributed by atoms with Crippen LogP contribution in [0.15, 0.2) is 0 Å². The maximum absolute atomic E-state index is 2.18. The van der Waals surface area contributed by atoms with Gasteiger partial charge >= 0.3 is 0 Å². The molecule has 518 valence electrons. The van der Waals surface area contributed by atoms with Gasteiger partial charge in [-0.15, -0.1) is 0 Å². The minimum absolute atomic E-state index is 0. The molecule has 0 saturated carbocycles. The van der Waals surface area contributed by atoms with Crippen molar-refractivity contribution >= 4 is 0 Å². The molecule has 0 fully saturated rings. The van der Waals surface area contributed by atoms with Gasteiger partial charge in [0.25, 0.3) is 0 Å². The number of hydrogen-bond donors (Lipinski definition) is 0. The largest absolute Gasteiger partial charge is 0.0654 e. The second-order valence-corrected chi connectivity index (χ2v) is 1.000. The molecule has 0 aliphatic heterocycles. The van der Waals surface area contributed by atoms with E-state index in [1.54, 1.807) is 0 Å². The van der Waals surface area contributed by atoms with Crippen molar-refractivity contribution in [2.24, 2.45) is 0 Å². The fourth-order valence-electron chi connectivity index (χ4n) is 0. The molecule has 0 nitrogen and oxygen atoms in total. The molecule has 0 bridgehead atoms. The fraction of sp³-hybridized carbons (Fsp3) is 1.00. The van der Waals surface area contributed by atoms with E-state index in [-0.39, 0.29) is 1730 Å². The summed E-state index contributed by atoms with van der Waals surface area (Å²) in [6.07, 6.45) is 2.64. The van der Waals surface area contributed by atoms with E-state index in [0.29, 0.717) is 0 Å². The standard InChI is InChI=1S/C4H10.82W/c1-3-4-2;;;;;;;;;;;;;;;;;;;;;;;;;;;;;;;;;;;;;;;;;;;;;;;;;;;;;;;;;;;;;;;;;;;;;;;;;;;;;;;;;;/h3-4H2,1-2H3;;;;;;;;;;;;;;;;;;;;;;;;;;;;;;;;;;;;;;;;;;;;;;;;;;;;;;;;;;;;;;;;;;;;;;;;;;;;;;;;;;. The molecule has 0 saturated heterocycles. The third-order valence-corrected chi connectivity index (χ3v) is 0.500. The minimum Gasteiger partial charge on any atom is -0.0654 e. The summed E-state index contributed by atoms with van der Waals surface area (Å²) < 4.78 is 0. The van der Waals surface area contributed by atoms with E-state index in [4.69, 9.17) is 0 Å². The predicted octanol–water partition coefficient (Wildman–Crippen LogP) is 1.60. The topological polar surface area (TPSA) is 0 Å². The van der Waals surface area contributed by atoms with Crippen molar-refractivity contribution in [1.82, 2.24) is 0 Å². The van der Waals surface area contributed by atoms with E-state index in [0.717, 1.165) is 0 Å². The Morgan fingerprint density at radius 1 is 0.0581 bits per heavy atom. The summed E-state index contributed by atoms with van der Waals surface area (Å²) in [7, 11) is 0. The monoisotopic (exact) mass is 15100 g/mol. The first-order valence-electron chi connectivity index (χ1n) is 1.91. The van der Waals surface area contributed by atoms with Crippen LogP contribution in [0.5, 0.6) is 0 Å². The van der Waals surface area contributed by atoms with E-state index in [1.807, 2.05) is 0 Å². The van der Waals surface area contributed by atoms with Crippen LogP contribution in [0.4, 0.5) is 0 Å². The molecule has 0 radical (unpaired) electrons. The van der Waals surface area contributed by atoms with E-state index >= 15 is 0 Å². The van der Waals surface area contributed by atoms with Crippen LogP contribution in [-0.2, 0) is 1730 Å². The summed E-state index contributed by atoms with van der Waals surface area (Å²) in [5, 5.41) is 0. The Morgan fingerprint density at radius 3 is 0.0698 bits per heavy atom.